The molecule has 6 rings (SSSR count). The fraction of sp³-hybridized carbons (Fsp3) is 0.692. The average molecular weight is 651 g/mol. The molecule has 0 amide bonds. The topological polar surface area (TPSA) is 145 Å². The number of hydrogen-bond donors (Lipinski definition) is 5. The number of phenolic OH excluding ortho intramolecular Hbond substituents is 2. The Morgan fingerprint density at radius 1 is 0.936 bits per heavy atom. The highest BCUT2D eigenvalue weighted by molar-refractivity contribution is 5.87. The van der Waals surface area contributed by atoms with Gasteiger partial charge in [-0.1, -0.05) is 59.3 Å². The highest BCUT2D eigenvalue weighted by Crippen LogP contribution is 2.76. The maximum Gasteiger partial charge on any atom is 0.331 e. The molecular formula is C39H54O8. The Morgan fingerprint density at radius 3 is 2.30 bits per heavy atom. The van der Waals surface area contributed by atoms with Gasteiger partial charge in [-0.05, 0) is 116 Å². The molecule has 1 aromatic rings. The van der Waals surface area contributed by atoms with Gasteiger partial charge in [0.2, 0.25) is 0 Å². The van der Waals surface area contributed by atoms with E-state index in [4.69, 9.17) is 4.74 Å². The molecule has 4 fully saturated rings. The number of fused-ring (bicyclic) bond motifs is 7. The summed E-state index contributed by atoms with van der Waals surface area (Å²) in [4.78, 5) is 26.1. The number of phenols is 2. The fourth-order valence-electron chi connectivity index (χ4n) is 12.2. The largest absolute Gasteiger partial charge is 0.504 e. The van der Waals surface area contributed by atoms with Crippen LogP contribution in [-0.2, 0) is 14.3 Å². The van der Waals surface area contributed by atoms with Crippen molar-refractivity contribution in [3.63, 3.8) is 0 Å². The van der Waals surface area contributed by atoms with E-state index in [-0.39, 0.29) is 45.5 Å². The Labute approximate surface area is 278 Å². The molecule has 8 nitrogen and oxygen atoms in total. The van der Waals surface area contributed by atoms with Crippen molar-refractivity contribution in [2.45, 2.75) is 118 Å². The third-order valence-electron chi connectivity index (χ3n) is 15.0. The highest BCUT2D eigenvalue weighted by atomic mass is 16.6. The number of esters is 1. The quantitative estimate of drug-likeness (QED) is 0.103. The minimum atomic E-state index is -1.12. The summed E-state index contributed by atoms with van der Waals surface area (Å²) in [5.74, 6) is -1.92. The molecular weight excluding hydrogens is 596 g/mol. The van der Waals surface area contributed by atoms with Crippen LogP contribution in [0.2, 0.25) is 0 Å². The van der Waals surface area contributed by atoms with Crippen LogP contribution in [0.4, 0.5) is 0 Å². The number of carbonyl (C=O) groups excluding carboxylic acids is 1. The predicted molar refractivity (Wildman–Crippen MR) is 178 cm³/mol. The Morgan fingerprint density at radius 2 is 1.64 bits per heavy atom. The lowest BCUT2D eigenvalue weighted by Crippen LogP contribution is -2.69. The van der Waals surface area contributed by atoms with Gasteiger partial charge in [0.1, 0.15) is 6.10 Å². The SMILES string of the molecule is C[C@@H]1CC[C@]2(C(=O)O)CC[C@]3(C)C(=CC[C@@H]4[C@@]5(C)CC(O)C(OC(=O)/C=C/c6ccc(O)c(O)c6)C(C)(C)[C@@H]5CC[C@]43C)[C@@H]2[C@]1(C)O. The van der Waals surface area contributed by atoms with Crippen LogP contribution in [0.1, 0.15) is 105 Å². The van der Waals surface area contributed by atoms with Crippen LogP contribution in [0.15, 0.2) is 35.9 Å². The number of aliphatic hydroxyl groups excluding tert-OH is 1. The van der Waals surface area contributed by atoms with Crippen molar-refractivity contribution in [3.8, 4) is 11.5 Å². The van der Waals surface area contributed by atoms with Crippen LogP contribution in [0.3, 0.4) is 0 Å². The normalized spacial score (nSPS) is 45.5. The summed E-state index contributed by atoms with van der Waals surface area (Å²) in [6.45, 7) is 15.2. The monoisotopic (exact) mass is 650 g/mol. The lowest BCUT2D eigenvalue weighted by molar-refractivity contribution is -0.242. The number of rotatable bonds is 4. The lowest BCUT2D eigenvalue weighted by Gasteiger charge is -2.72. The summed E-state index contributed by atoms with van der Waals surface area (Å²) in [6, 6.07) is 4.29. The van der Waals surface area contributed by atoms with Crippen molar-refractivity contribution in [3.05, 3.63) is 41.5 Å². The van der Waals surface area contributed by atoms with Crippen molar-refractivity contribution in [1.82, 2.24) is 0 Å². The van der Waals surface area contributed by atoms with E-state index >= 15 is 0 Å². The predicted octanol–water partition coefficient (Wildman–Crippen LogP) is 6.85. The van der Waals surface area contributed by atoms with Gasteiger partial charge in [0.15, 0.2) is 11.5 Å². The van der Waals surface area contributed by atoms with Crippen molar-refractivity contribution in [1.29, 1.82) is 0 Å². The number of ether oxygens (including phenoxy) is 1. The molecule has 5 aliphatic carbocycles. The standard InChI is InChI=1S/C39H54O8/c1-22-14-17-39(33(44)45)19-18-36(5)24(31(39)38(22,7)46)10-12-29-35(4)21-27(42)32(34(2,3)28(35)15-16-37(29,36)6)47-30(43)13-9-23-8-11-25(40)26(41)20-23/h8-11,13,20,22,27-29,31-32,40-42,46H,12,14-19,21H2,1-7H3,(H,44,45)/b13-9+/t22-,27?,28+,29-,31-,32?,35+,36-,37-,38-,39+/m1/s1. The molecule has 5 N–H and O–H groups in total. The van der Waals surface area contributed by atoms with Crippen LogP contribution < -0.4 is 0 Å². The van der Waals surface area contributed by atoms with Gasteiger partial charge in [0.05, 0.1) is 17.1 Å². The number of allylic oxidation sites excluding steroid dienone is 1. The van der Waals surface area contributed by atoms with Crippen LogP contribution in [0, 0.1) is 50.7 Å². The summed E-state index contributed by atoms with van der Waals surface area (Å²) < 4.78 is 6.00. The average Bonchev–Trinajstić information content (AvgIpc) is 2.97. The van der Waals surface area contributed by atoms with E-state index in [1.165, 1.54) is 24.3 Å². The first kappa shape index (κ1) is 34.0. The third kappa shape index (κ3) is 4.67. The maximum absolute atomic E-state index is 13.1. The number of aliphatic carboxylic acids is 1. The van der Waals surface area contributed by atoms with E-state index in [0.717, 1.165) is 31.3 Å². The first-order valence-corrected chi connectivity index (χ1v) is 17.5. The molecule has 258 valence electrons. The molecule has 0 aliphatic heterocycles. The molecule has 5 aliphatic rings. The van der Waals surface area contributed by atoms with Crippen LogP contribution in [0.25, 0.3) is 6.08 Å². The Kier molecular flexibility index (Phi) is 7.84. The number of carbonyl (C=O) groups is 2. The molecule has 0 aromatic heterocycles. The zero-order chi connectivity index (χ0) is 34.5. The van der Waals surface area contributed by atoms with E-state index in [1.807, 2.05) is 6.92 Å². The van der Waals surface area contributed by atoms with Crippen molar-refractivity contribution in [2.75, 3.05) is 0 Å². The van der Waals surface area contributed by atoms with Gasteiger partial charge in [-0.25, -0.2) is 4.79 Å². The lowest BCUT2D eigenvalue weighted by atomic mass is 9.33. The number of hydrogen-bond acceptors (Lipinski definition) is 7. The number of aromatic hydroxyl groups is 2. The second kappa shape index (κ2) is 10.8. The maximum atomic E-state index is 13.1. The van der Waals surface area contributed by atoms with Crippen LogP contribution in [-0.4, -0.2) is 55.3 Å². The van der Waals surface area contributed by atoms with Crippen molar-refractivity contribution in [2.24, 2.45) is 50.7 Å². The summed E-state index contributed by atoms with van der Waals surface area (Å²) in [5.41, 5.74) is -1.64. The van der Waals surface area contributed by atoms with Gasteiger partial charge >= 0.3 is 11.9 Å². The molecule has 1 aromatic carbocycles. The van der Waals surface area contributed by atoms with E-state index in [9.17, 15) is 35.1 Å². The van der Waals surface area contributed by atoms with Gasteiger partial charge < -0.3 is 30.3 Å². The number of benzene rings is 1. The first-order chi connectivity index (χ1) is 21.8. The zero-order valence-electron chi connectivity index (χ0n) is 29.0. The van der Waals surface area contributed by atoms with Gasteiger partial charge in [-0.3, -0.25) is 4.79 Å². The molecule has 11 atom stereocenters. The van der Waals surface area contributed by atoms with E-state index < -0.39 is 46.5 Å². The van der Waals surface area contributed by atoms with E-state index in [1.54, 1.807) is 6.07 Å². The van der Waals surface area contributed by atoms with Gasteiger partial charge in [-0.2, -0.15) is 0 Å². The minimum Gasteiger partial charge on any atom is -0.504 e. The smallest absolute Gasteiger partial charge is 0.331 e. The van der Waals surface area contributed by atoms with Crippen molar-refractivity contribution < 1.29 is 39.9 Å². The Hall–Kier alpha value is -2.84. The molecule has 0 saturated heterocycles. The van der Waals surface area contributed by atoms with Gasteiger partial charge in [-0.15, -0.1) is 0 Å². The Balaban J connectivity index is 1.30. The molecule has 0 bridgehead atoms. The first-order valence-electron chi connectivity index (χ1n) is 17.5. The molecule has 47 heavy (non-hydrogen) atoms. The Bertz CT molecular complexity index is 1520. The number of aliphatic hydroxyl groups is 2. The summed E-state index contributed by atoms with van der Waals surface area (Å²) in [5, 5.41) is 53.8. The summed E-state index contributed by atoms with van der Waals surface area (Å²) in [7, 11) is 0. The summed E-state index contributed by atoms with van der Waals surface area (Å²) in [6.07, 6.45) is 9.21. The highest BCUT2D eigenvalue weighted by Gasteiger charge is 2.72. The van der Waals surface area contributed by atoms with Crippen LogP contribution in [0.5, 0.6) is 11.5 Å². The molecule has 4 saturated carbocycles. The number of carboxylic acids is 1. The van der Waals surface area contributed by atoms with Gasteiger partial charge in [0.25, 0.3) is 0 Å². The van der Waals surface area contributed by atoms with E-state index in [2.05, 4.69) is 47.6 Å². The summed E-state index contributed by atoms with van der Waals surface area (Å²) >= 11 is 0. The second-order valence-electron chi connectivity index (χ2n) is 17.4. The molecule has 0 radical (unpaired) electrons. The second-order valence-corrected chi connectivity index (χ2v) is 17.4. The fourth-order valence-corrected chi connectivity index (χ4v) is 12.2. The third-order valence-corrected chi connectivity index (χ3v) is 15.0. The minimum absolute atomic E-state index is 0.000900. The van der Waals surface area contributed by atoms with Crippen molar-refractivity contribution >= 4 is 18.0 Å². The number of carboxylic acid groups (broad SMARTS) is 1. The molecule has 0 spiro atoms. The van der Waals surface area contributed by atoms with Crippen LogP contribution >= 0.6 is 0 Å². The van der Waals surface area contributed by atoms with E-state index in [0.29, 0.717) is 31.2 Å². The van der Waals surface area contributed by atoms with Gasteiger partial charge in [0, 0.05) is 17.4 Å². The zero-order valence-corrected chi connectivity index (χ0v) is 29.0. The molecule has 0 heterocycles. The molecule has 8 heteroatoms. The molecule has 2 unspecified atom stereocenters.